The lowest BCUT2D eigenvalue weighted by Gasteiger charge is -1.88. The summed E-state index contributed by atoms with van der Waals surface area (Å²) in [6.07, 6.45) is 3.32. The summed E-state index contributed by atoms with van der Waals surface area (Å²) in [6.45, 7) is 0. The number of allylic oxidation sites excluding steroid dienone is 1. The standard InChI is InChI=1S/C5H4N2O3/c8-5-2-1-4(6-5)3-7(9)10/h1-3H,(H,6,8)/b4-3-. The van der Waals surface area contributed by atoms with Crippen molar-refractivity contribution in [2.24, 2.45) is 0 Å². The van der Waals surface area contributed by atoms with E-state index in [0.717, 1.165) is 6.20 Å². The molecule has 1 N–H and O–H groups in total. The van der Waals surface area contributed by atoms with Gasteiger partial charge in [-0.2, -0.15) is 0 Å². The molecule has 0 unspecified atom stereocenters. The number of hydrogen-bond acceptors (Lipinski definition) is 3. The fourth-order valence-corrected chi connectivity index (χ4v) is 0.580. The van der Waals surface area contributed by atoms with Gasteiger partial charge in [-0.05, 0) is 6.08 Å². The number of rotatable bonds is 1. The lowest BCUT2D eigenvalue weighted by molar-refractivity contribution is -0.403. The zero-order chi connectivity index (χ0) is 7.56. The van der Waals surface area contributed by atoms with Gasteiger partial charge in [0.2, 0.25) is 5.91 Å². The molecule has 52 valence electrons. The zero-order valence-corrected chi connectivity index (χ0v) is 4.90. The van der Waals surface area contributed by atoms with E-state index >= 15 is 0 Å². The minimum atomic E-state index is -0.620. The molecule has 10 heavy (non-hydrogen) atoms. The molecule has 0 aromatic rings. The van der Waals surface area contributed by atoms with Crippen molar-refractivity contribution in [3.8, 4) is 0 Å². The van der Waals surface area contributed by atoms with E-state index in [1.165, 1.54) is 12.2 Å². The van der Waals surface area contributed by atoms with Gasteiger partial charge in [0.1, 0.15) is 5.70 Å². The van der Waals surface area contributed by atoms with Crippen LogP contribution in [-0.2, 0) is 4.79 Å². The van der Waals surface area contributed by atoms with Crippen molar-refractivity contribution in [1.29, 1.82) is 0 Å². The van der Waals surface area contributed by atoms with E-state index in [9.17, 15) is 14.9 Å². The molecule has 0 aliphatic carbocycles. The van der Waals surface area contributed by atoms with Crippen molar-refractivity contribution in [2.75, 3.05) is 0 Å². The Morgan fingerprint density at radius 1 is 1.60 bits per heavy atom. The normalized spacial score (nSPS) is 19.6. The maximum Gasteiger partial charge on any atom is 0.257 e. The largest absolute Gasteiger partial charge is 0.317 e. The van der Waals surface area contributed by atoms with Gasteiger partial charge in [-0.3, -0.25) is 14.9 Å². The molecule has 0 radical (unpaired) electrons. The second-order valence-electron chi connectivity index (χ2n) is 1.69. The average molecular weight is 140 g/mol. The van der Waals surface area contributed by atoms with Crippen LogP contribution in [0.3, 0.4) is 0 Å². The van der Waals surface area contributed by atoms with Crippen molar-refractivity contribution in [3.05, 3.63) is 34.2 Å². The predicted molar refractivity (Wildman–Crippen MR) is 32.4 cm³/mol. The van der Waals surface area contributed by atoms with Gasteiger partial charge in [0.05, 0.1) is 4.92 Å². The third kappa shape index (κ3) is 1.41. The van der Waals surface area contributed by atoms with Gasteiger partial charge in [0.25, 0.3) is 6.20 Å². The minimum Gasteiger partial charge on any atom is -0.317 e. The fraction of sp³-hybridized carbons (Fsp3) is 0. The number of nitrogens with zero attached hydrogens (tertiary/aromatic N) is 1. The molecular weight excluding hydrogens is 136 g/mol. The molecular formula is C5H4N2O3. The number of nitro groups is 1. The first kappa shape index (κ1) is 6.47. The van der Waals surface area contributed by atoms with Crippen LogP contribution >= 0.6 is 0 Å². The number of hydrogen-bond donors (Lipinski definition) is 1. The molecule has 0 saturated carbocycles. The summed E-state index contributed by atoms with van der Waals surface area (Å²) in [5.74, 6) is -0.326. The summed E-state index contributed by atoms with van der Waals surface area (Å²) in [7, 11) is 0. The summed E-state index contributed by atoms with van der Waals surface area (Å²) >= 11 is 0. The minimum absolute atomic E-state index is 0.218. The zero-order valence-electron chi connectivity index (χ0n) is 4.90. The first-order valence-corrected chi connectivity index (χ1v) is 2.53. The van der Waals surface area contributed by atoms with Crippen LogP contribution in [0.5, 0.6) is 0 Å². The fourth-order valence-electron chi connectivity index (χ4n) is 0.580. The van der Waals surface area contributed by atoms with Crippen LogP contribution in [0.1, 0.15) is 0 Å². The van der Waals surface area contributed by atoms with Crippen molar-refractivity contribution >= 4 is 5.91 Å². The van der Waals surface area contributed by atoms with Crippen molar-refractivity contribution in [2.45, 2.75) is 0 Å². The van der Waals surface area contributed by atoms with Gasteiger partial charge in [0, 0.05) is 6.08 Å². The molecule has 0 saturated heterocycles. The molecule has 5 nitrogen and oxygen atoms in total. The van der Waals surface area contributed by atoms with Gasteiger partial charge in [-0.25, -0.2) is 0 Å². The lowest BCUT2D eigenvalue weighted by Crippen LogP contribution is -2.13. The van der Waals surface area contributed by atoms with Crippen LogP contribution in [0, 0.1) is 10.1 Å². The molecule has 1 aliphatic rings. The van der Waals surface area contributed by atoms with Gasteiger partial charge >= 0.3 is 0 Å². The van der Waals surface area contributed by atoms with E-state index in [-0.39, 0.29) is 11.6 Å². The lowest BCUT2D eigenvalue weighted by atomic mass is 10.5. The van der Waals surface area contributed by atoms with Crippen molar-refractivity contribution in [1.82, 2.24) is 5.32 Å². The highest BCUT2D eigenvalue weighted by molar-refractivity contribution is 5.92. The Hall–Kier alpha value is -1.65. The summed E-state index contributed by atoms with van der Waals surface area (Å²) < 4.78 is 0. The predicted octanol–water partition coefficient (Wildman–Crippen LogP) is -0.210. The monoisotopic (exact) mass is 140 g/mol. The topological polar surface area (TPSA) is 72.2 Å². The van der Waals surface area contributed by atoms with Crippen LogP contribution in [-0.4, -0.2) is 10.8 Å². The Labute approximate surface area is 56.2 Å². The highest BCUT2D eigenvalue weighted by Gasteiger charge is 2.08. The molecule has 0 aromatic heterocycles. The molecule has 0 spiro atoms. The van der Waals surface area contributed by atoms with Gasteiger partial charge in [0.15, 0.2) is 0 Å². The van der Waals surface area contributed by atoms with Crippen molar-refractivity contribution in [3.63, 3.8) is 0 Å². The smallest absolute Gasteiger partial charge is 0.257 e. The van der Waals surface area contributed by atoms with Crippen LogP contribution in [0.2, 0.25) is 0 Å². The first-order valence-electron chi connectivity index (χ1n) is 2.53. The highest BCUT2D eigenvalue weighted by atomic mass is 16.6. The van der Waals surface area contributed by atoms with Gasteiger partial charge in [-0.1, -0.05) is 0 Å². The van der Waals surface area contributed by atoms with E-state index in [1.54, 1.807) is 0 Å². The Bertz CT molecular complexity index is 241. The third-order valence-electron chi connectivity index (χ3n) is 0.926. The second kappa shape index (κ2) is 2.30. The van der Waals surface area contributed by atoms with E-state index in [4.69, 9.17) is 0 Å². The molecule has 5 heteroatoms. The SMILES string of the molecule is O=C1C=C/C(=C/[N+](=O)[O-])N1. The molecule has 0 aromatic carbocycles. The number of nitrogens with one attached hydrogen (secondary N) is 1. The molecule has 0 fully saturated rings. The summed E-state index contributed by atoms with van der Waals surface area (Å²) in [5, 5.41) is 12.1. The number of amides is 1. The van der Waals surface area contributed by atoms with E-state index in [1.807, 2.05) is 0 Å². The van der Waals surface area contributed by atoms with E-state index < -0.39 is 4.92 Å². The molecule has 1 rings (SSSR count). The first-order chi connectivity index (χ1) is 4.68. The molecule has 0 atom stereocenters. The van der Waals surface area contributed by atoms with E-state index in [2.05, 4.69) is 5.32 Å². The number of carbonyl (C=O) groups is 1. The molecule has 0 bridgehead atoms. The van der Waals surface area contributed by atoms with Crippen LogP contribution in [0.15, 0.2) is 24.0 Å². The Morgan fingerprint density at radius 3 is 2.70 bits per heavy atom. The number of carbonyl (C=O) groups excluding carboxylic acids is 1. The Balaban J connectivity index is 2.70. The summed E-state index contributed by atoms with van der Waals surface area (Å²) in [4.78, 5) is 19.6. The molecule has 1 heterocycles. The van der Waals surface area contributed by atoms with Crippen LogP contribution in [0.25, 0.3) is 0 Å². The third-order valence-corrected chi connectivity index (χ3v) is 0.926. The van der Waals surface area contributed by atoms with E-state index in [0.29, 0.717) is 0 Å². The molecule has 1 amide bonds. The second-order valence-corrected chi connectivity index (χ2v) is 1.69. The average Bonchev–Trinajstić information content (AvgIpc) is 2.13. The summed E-state index contributed by atoms with van der Waals surface area (Å²) in [5.41, 5.74) is 0.218. The maximum atomic E-state index is 10.4. The Kier molecular flexibility index (Phi) is 1.49. The highest BCUT2D eigenvalue weighted by Crippen LogP contribution is 1.98. The van der Waals surface area contributed by atoms with Crippen LogP contribution in [0.4, 0.5) is 0 Å². The van der Waals surface area contributed by atoms with Gasteiger partial charge in [-0.15, -0.1) is 0 Å². The summed E-state index contributed by atoms with van der Waals surface area (Å²) in [6, 6.07) is 0. The van der Waals surface area contributed by atoms with Gasteiger partial charge < -0.3 is 5.32 Å². The van der Waals surface area contributed by atoms with Crippen molar-refractivity contribution < 1.29 is 9.72 Å². The molecule has 1 aliphatic heterocycles. The maximum absolute atomic E-state index is 10.4. The quantitative estimate of drug-likeness (QED) is 0.404. The Morgan fingerprint density at radius 2 is 2.30 bits per heavy atom. The van der Waals surface area contributed by atoms with Crippen LogP contribution < -0.4 is 5.32 Å².